The highest BCUT2D eigenvalue weighted by Crippen LogP contribution is 2.77. The molecular weight excluding hydrogens is 426 g/mol. The molecule has 1 aromatic carbocycles. The normalized spacial score (nSPS) is 41.5. The zero-order valence-corrected chi connectivity index (χ0v) is 21.5. The van der Waals surface area contributed by atoms with Gasteiger partial charge in [0, 0.05) is 42.0 Å². The van der Waals surface area contributed by atoms with Gasteiger partial charge in [0.2, 0.25) is 0 Å². The molecular formula is C29H41NO4. The van der Waals surface area contributed by atoms with E-state index in [9.17, 15) is 10.2 Å². The van der Waals surface area contributed by atoms with Crippen LogP contribution in [0.4, 0.5) is 0 Å². The van der Waals surface area contributed by atoms with E-state index in [0.29, 0.717) is 11.8 Å². The number of methoxy groups -OCH3 is 1. The van der Waals surface area contributed by atoms with Gasteiger partial charge >= 0.3 is 0 Å². The van der Waals surface area contributed by atoms with Crippen LogP contribution < -0.4 is 4.74 Å². The van der Waals surface area contributed by atoms with Gasteiger partial charge in [-0.15, -0.1) is 6.58 Å². The van der Waals surface area contributed by atoms with E-state index in [0.717, 1.165) is 51.6 Å². The molecule has 0 amide bonds. The van der Waals surface area contributed by atoms with Crippen LogP contribution in [0.3, 0.4) is 0 Å². The van der Waals surface area contributed by atoms with E-state index in [1.807, 2.05) is 26.2 Å². The van der Waals surface area contributed by atoms with Gasteiger partial charge in [0.25, 0.3) is 0 Å². The molecule has 186 valence electrons. The van der Waals surface area contributed by atoms with E-state index in [2.05, 4.69) is 38.3 Å². The number of nitrogens with zero attached hydrogens (tertiary/aromatic N) is 1. The number of ether oxygens (including phenoxy) is 2. The minimum atomic E-state index is -0.932. The molecule has 2 aliphatic heterocycles. The molecule has 5 heteroatoms. The summed E-state index contributed by atoms with van der Waals surface area (Å²) < 4.78 is 13.4. The number of piperidine rings is 1. The van der Waals surface area contributed by atoms with Crippen LogP contribution in [0.1, 0.15) is 70.9 Å². The number of hydrogen-bond donors (Lipinski definition) is 2. The van der Waals surface area contributed by atoms with Crippen LogP contribution in [-0.2, 0) is 16.6 Å². The lowest BCUT2D eigenvalue weighted by atomic mass is 9.33. The Morgan fingerprint density at radius 1 is 1.24 bits per heavy atom. The summed E-state index contributed by atoms with van der Waals surface area (Å²) in [6.07, 6.45) is 7.67. The largest absolute Gasteiger partial charge is 0.504 e. The van der Waals surface area contributed by atoms with Crippen molar-refractivity contribution < 1.29 is 19.7 Å². The van der Waals surface area contributed by atoms with Crippen molar-refractivity contribution in [1.82, 2.24) is 4.90 Å². The van der Waals surface area contributed by atoms with E-state index in [1.165, 1.54) is 11.1 Å². The van der Waals surface area contributed by atoms with Gasteiger partial charge in [0.05, 0.1) is 5.60 Å². The zero-order chi connectivity index (χ0) is 24.3. The summed E-state index contributed by atoms with van der Waals surface area (Å²) in [7, 11) is 1.81. The van der Waals surface area contributed by atoms with Gasteiger partial charge in [-0.1, -0.05) is 32.9 Å². The summed E-state index contributed by atoms with van der Waals surface area (Å²) in [6.45, 7) is 14.5. The van der Waals surface area contributed by atoms with Crippen LogP contribution in [0.25, 0.3) is 0 Å². The van der Waals surface area contributed by atoms with Crippen LogP contribution in [-0.4, -0.2) is 58.7 Å². The molecule has 7 rings (SSSR count). The Morgan fingerprint density at radius 2 is 2.00 bits per heavy atom. The van der Waals surface area contributed by atoms with Gasteiger partial charge in [-0.3, -0.25) is 4.90 Å². The van der Waals surface area contributed by atoms with Gasteiger partial charge in [-0.2, -0.15) is 0 Å². The fourth-order valence-corrected chi connectivity index (χ4v) is 9.25. The van der Waals surface area contributed by atoms with Crippen molar-refractivity contribution in [3.63, 3.8) is 0 Å². The summed E-state index contributed by atoms with van der Waals surface area (Å²) in [5.41, 5.74) is 0.562. The fourth-order valence-electron chi connectivity index (χ4n) is 9.25. The molecule has 34 heavy (non-hydrogen) atoms. The first-order valence-corrected chi connectivity index (χ1v) is 13.1. The molecule has 2 N–H and O–H groups in total. The third kappa shape index (κ3) is 2.33. The Kier molecular flexibility index (Phi) is 4.58. The summed E-state index contributed by atoms with van der Waals surface area (Å²) in [5, 5.41) is 23.1. The molecule has 0 unspecified atom stereocenters. The molecule has 4 fully saturated rings. The molecule has 6 aliphatic rings. The monoisotopic (exact) mass is 467 g/mol. The molecule has 2 spiro atoms. The number of phenols is 1. The lowest BCUT2D eigenvalue weighted by molar-refractivity contribution is -0.312. The fraction of sp³-hybridized carbons (Fsp3) is 0.724. The second-order valence-corrected chi connectivity index (χ2v) is 13.0. The molecule has 3 saturated carbocycles. The molecule has 7 atom stereocenters. The van der Waals surface area contributed by atoms with Crippen LogP contribution in [0, 0.1) is 16.7 Å². The van der Waals surface area contributed by atoms with E-state index in [1.54, 1.807) is 0 Å². The maximum Gasteiger partial charge on any atom is 0.165 e. The molecule has 1 aromatic rings. The predicted molar refractivity (Wildman–Crippen MR) is 132 cm³/mol. The second-order valence-electron chi connectivity index (χ2n) is 13.0. The number of benzene rings is 1. The highest BCUT2D eigenvalue weighted by Gasteiger charge is 2.82. The van der Waals surface area contributed by atoms with Crippen molar-refractivity contribution in [2.45, 2.75) is 95.0 Å². The van der Waals surface area contributed by atoms with Crippen LogP contribution in [0.15, 0.2) is 24.8 Å². The van der Waals surface area contributed by atoms with Crippen LogP contribution >= 0.6 is 0 Å². The Hall–Kier alpha value is -1.56. The van der Waals surface area contributed by atoms with Crippen molar-refractivity contribution in [2.75, 3.05) is 20.2 Å². The standard InChI is InChI=1S/C29H41NO4/c1-7-8-14-30-15-13-28-22-18-9-10-19(31)23(22)34-24(28)29(33-6)12-11-27(28,21(30)16-18)17-20(29)26(5,32)25(2,3)4/h7,9-10,20-21,24,31-32H,1,8,11-17H2,2-6H3/t20-,21-,24-,26+,27-,28+,29+/m1/s1. The number of hydrogen-bond acceptors (Lipinski definition) is 5. The SMILES string of the molecule is C=CCCN1CC[C@]23c4c5ccc(O)c4O[C@H]2[C@]2(OC)CC[C@@]3(C[C@@H]2[C@](C)(O)C(C)(C)C)[C@H]1C5. The maximum absolute atomic E-state index is 12.2. The minimum Gasteiger partial charge on any atom is -0.504 e. The maximum atomic E-state index is 12.2. The number of phenolic OH excluding ortho intramolecular Hbond substituents is 1. The lowest BCUT2D eigenvalue weighted by Gasteiger charge is -2.75. The third-order valence-corrected chi connectivity index (χ3v) is 11.3. The van der Waals surface area contributed by atoms with Gasteiger partial charge in [-0.05, 0) is 69.0 Å². The molecule has 4 bridgehead atoms. The molecule has 2 heterocycles. The van der Waals surface area contributed by atoms with Crippen molar-refractivity contribution in [2.24, 2.45) is 16.7 Å². The lowest BCUT2D eigenvalue weighted by Crippen LogP contribution is -2.83. The molecule has 0 radical (unpaired) electrons. The first-order valence-electron chi connectivity index (χ1n) is 13.1. The van der Waals surface area contributed by atoms with Crippen LogP contribution in [0.5, 0.6) is 11.5 Å². The molecule has 1 saturated heterocycles. The molecule has 4 aliphatic carbocycles. The van der Waals surface area contributed by atoms with E-state index >= 15 is 0 Å². The highest BCUT2D eigenvalue weighted by molar-refractivity contribution is 5.63. The number of aliphatic hydroxyl groups is 1. The minimum absolute atomic E-state index is 0.0106. The van der Waals surface area contributed by atoms with Crippen molar-refractivity contribution in [1.29, 1.82) is 0 Å². The first-order chi connectivity index (χ1) is 16.0. The quantitative estimate of drug-likeness (QED) is 0.621. The smallest absolute Gasteiger partial charge is 0.165 e. The van der Waals surface area contributed by atoms with E-state index < -0.39 is 11.2 Å². The molecule has 0 aromatic heterocycles. The van der Waals surface area contributed by atoms with Gasteiger partial charge in [0.15, 0.2) is 11.5 Å². The number of likely N-dealkylation sites (tertiary alicyclic amines) is 1. The Labute approximate surface area is 204 Å². The number of aromatic hydroxyl groups is 1. The third-order valence-electron chi connectivity index (χ3n) is 11.3. The van der Waals surface area contributed by atoms with E-state index in [-0.39, 0.29) is 34.0 Å². The van der Waals surface area contributed by atoms with Crippen molar-refractivity contribution in [3.8, 4) is 11.5 Å². The number of fused-ring (bicyclic) bond motifs is 2. The average Bonchev–Trinajstić information content (AvgIpc) is 3.16. The summed E-state index contributed by atoms with van der Waals surface area (Å²) in [5.74, 6) is 0.871. The summed E-state index contributed by atoms with van der Waals surface area (Å²) in [6, 6.07) is 4.33. The molecule has 5 nitrogen and oxygen atoms in total. The van der Waals surface area contributed by atoms with Crippen molar-refractivity contribution >= 4 is 0 Å². The Bertz CT molecular complexity index is 1040. The number of rotatable bonds is 5. The van der Waals surface area contributed by atoms with E-state index in [4.69, 9.17) is 9.47 Å². The Morgan fingerprint density at radius 3 is 2.68 bits per heavy atom. The first kappa shape index (κ1) is 22.9. The van der Waals surface area contributed by atoms with Crippen LogP contribution in [0.2, 0.25) is 0 Å². The van der Waals surface area contributed by atoms with Gasteiger partial charge in [0.1, 0.15) is 11.7 Å². The van der Waals surface area contributed by atoms with Gasteiger partial charge in [-0.25, -0.2) is 0 Å². The average molecular weight is 468 g/mol. The van der Waals surface area contributed by atoms with Gasteiger partial charge < -0.3 is 19.7 Å². The Balaban J connectivity index is 1.61. The summed E-state index contributed by atoms with van der Waals surface area (Å²) >= 11 is 0. The summed E-state index contributed by atoms with van der Waals surface area (Å²) in [4.78, 5) is 2.70. The predicted octanol–water partition coefficient (Wildman–Crippen LogP) is 4.58. The second kappa shape index (κ2) is 6.80. The zero-order valence-electron chi connectivity index (χ0n) is 21.5. The topological polar surface area (TPSA) is 62.2 Å². The van der Waals surface area contributed by atoms with Crippen molar-refractivity contribution in [3.05, 3.63) is 35.9 Å². The highest BCUT2D eigenvalue weighted by atomic mass is 16.6.